The van der Waals surface area contributed by atoms with Crippen LogP contribution in [0.2, 0.25) is 0 Å². The third-order valence-electron chi connectivity index (χ3n) is 0.679. The summed E-state index contributed by atoms with van der Waals surface area (Å²) in [6.07, 6.45) is -1.55. The second kappa shape index (κ2) is 2.16. The molecule has 0 heterocycles. The first kappa shape index (κ1) is 5.92. The molecule has 0 rings (SSSR count). The molecule has 0 saturated heterocycles. The molecule has 1 radical (unpaired) electrons. The van der Waals surface area contributed by atoms with Crippen molar-refractivity contribution in [1.29, 1.82) is 0 Å². The molecule has 0 aromatic heterocycles. The van der Waals surface area contributed by atoms with Crippen LogP contribution in [-0.4, -0.2) is 17.3 Å². The topological polar surface area (TPSA) is 40.1 Å². The normalized spacial score (nSPS) is 20.0. The lowest BCUT2D eigenvalue weighted by Gasteiger charge is -2.00. The number of rotatable bonds is 1. The van der Waals surface area contributed by atoms with E-state index in [1.54, 1.807) is 0 Å². The van der Waals surface area contributed by atoms with Gasteiger partial charge in [-0.25, -0.2) is 5.11 Å². The zero-order chi connectivity index (χ0) is 5.15. The number of hydrogen-bond donors (Lipinski definition) is 1. The van der Waals surface area contributed by atoms with Gasteiger partial charge in [0.05, 0.1) is 6.10 Å². The van der Waals surface area contributed by atoms with E-state index in [1.807, 2.05) is 0 Å². The summed E-state index contributed by atoms with van der Waals surface area (Å²) in [5.74, 6) is 0. The van der Waals surface area contributed by atoms with Crippen molar-refractivity contribution >= 4 is 0 Å². The molecule has 0 aromatic rings. The van der Waals surface area contributed by atoms with Crippen molar-refractivity contribution in [3.63, 3.8) is 0 Å². The molecule has 0 aromatic carbocycles. The first-order chi connectivity index (χ1) is 2.64. The standard InChI is InChI=1S/C4H9O2/c1-3(5)4(2)6/h3-5H,1-2H3. The van der Waals surface area contributed by atoms with E-state index in [0.717, 1.165) is 0 Å². The van der Waals surface area contributed by atoms with Crippen LogP contribution in [0.4, 0.5) is 0 Å². The lowest BCUT2D eigenvalue weighted by Crippen LogP contribution is -2.15. The summed E-state index contributed by atoms with van der Waals surface area (Å²) >= 11 is 0. The summed E-state index contributed by atoms with van der Waals surface area (Å²) in [5.41, 5.74) is 0. The van der Waals surface area contributed by atoms with Gasteiger partial charge >= 0.3 is 0 Å². The van der Waals surface area contributed by atoms with Crippen molar-refractivity contribution in [3.8, 4) is 0 Å². The van der Waals surface area contributed by atoms with Gasteiger partial charge in [-0.2, -0.15) is 0 Å². The van der Waals surface area contributed by atoms with Crippen LogP contribution in [0, 0.1) is 0 Å². The highest BCUT2D eigenvalue weighted by Crippen LogP contribution is 1.86. The summed E-state index contributed by atoms with van der Waals surface area (Å²) < 4.78 is 0. The Morgan fingerprint density at radius 3 is 1.67 bits per heavy atom. The predicted molar refractivity (Wildman–Crippen MR) is 21.8 cm³/mol. The molecule has 1 N–H and O–H groups in total. The molecule has 0 fully saturated rings. The summed E-state index contributed by atoms with van der Waals surface area (Å²) in [6, 6.07) is 0. The average Bonchev–Trinajstić information content (AvgIpc) is 1.36. The molecule has 2 unspecified atom stereocenters. The Kier molecular flexibility index (Phi) is 2.13. The zero-order valence-electron chi connectivity index (χ0n) is 4.01. The maximum Gasteiger partial charge on any atom is 0.116 e. The van der Waals surface area contributed by atoms with Gasteiger partial charge < -0.3 is 5.11 Å². The van der Waals surface area contributed by atoms with Crippen LogP contribution in [0.5, 0.6) is 0 Å². The first-order valence-electron chi connectivity index (χ1n) is 1.98. The van der Waals surface area contributed by atoms with Crippen LogP contribution in [-0.2, 0) is 5.11 Å². The minimum absolute atomic E-state index is 0.704. The van der Waals surface area contributed by atoms with Gasteiger partial charge in [0, 0.05) is 0 Å². The smallest absolute Gasteiger partial charge is 0.116 e. The Labute approximate surface area is 37.4 Å². The molecule has 0 aliphatic rings. The largest absolute Gasteiger partial charge is 0.391 e. The molecule has 2 atom stereocenters. The van der Waals surface area contributed by atoms with Crippen molar-refractivity contribution in [1.82, 2.24) is 0 Å². The zero-order valence-corrected chi connectivity index (χ0v) is 4.01. The molecule has 37 valence electrons. The lowest BCUT2D eigenvalue weighted by atomic mass is 10.3. The predicted octanol–water partition coefficient (Wildman–Crippen LogP) is 0.186. The second-order valence-corrected chi connectivity index (χ2v) is 1.45. The number of aliphatic hydroxyl groups is 1. The van der Waals surface area contributed by atoms with Crippen LogP contribution in [0.1, 0.15) is 13.8 Å². The van der Waals surface area contributed by atoms with E-state index in [2.05, 4.69) is 0 Å². The van der Waals surface area contributed by atoms with Crippen molar-refractivity contribution in [2.24, 2.45) is 0 Å². The highest BCUT2D eigenvalue weighted by molar-refractivity contribution is 4.50. The first-order valence-corrected chi connectivity index (χ1v) is 1.98. The monoisotopic (exact) mass is 89.1 g/mol. The minimum atomic E-state index is -0.843. The summed E-state index contributed by atoms with van der Waals surface area (Å²) in [6.45, 7) is 2.92. The Morgan fingerprint density at radius 2 is 1.67 bits per heavy atom. The third-order valence-corrected chi connectivity index (χ3v) is 0.679. The van der Waals surface area contributed by atoms with Gasteiger partial charge in [-0.15, -0.1) is 0 Å². The maximum absolute atomic E-state index is 9.98. The molecule has 2 nitrogen and oxygen atoms in total. The van der Waals surface area contributed by atoms with E-state index in [4.69, 9.17) is 5.11 Å². The van der Waals surface area contributed by atoms with E-state index in [9.17, 15) is 5.11 Å². The molecule has 0 amide bonds. The van der Waals surface area contributed by atoms with Crippen molar-refractivity contribution in [2.75, 3.05) is 0 Å². The minimum Gasteiger partial charge on any atom is -0.391 e. The molecule has 0 spiro atoms. The van der Waals surface area contributed by atoms with Gasteiger partial charge in [0.2, 0.25) is 0 Å². The molecule has 6 heavy (non-hydrogen) atoms. The summed E-state index contributed by atoms with van der Waals surface area (Å²) in [4.78, 5) is 0. The van der Waals surface area contributed by atoms with Gasteiger partial charge in [0.1, 0.15) is 6.10 Å². The van der Waals surface area contributed by atoms with Gasteiger partial charge in [-0.05, 0) is 13.8 Å². The van der Waals surface area contributed by atoms with E-state index >= 15 is 0 Å². The molecular formula is C4H9O2. The van der Waals surface area contributed by atoms with Crippen LogP contribution >= 0.6 is 0 Å². The summed E-state index contributed by atoms with van der Waals surface area (Å²) in [5, 5.41) is 18.3. The third kappa shape index (κ3) is 2.18. The Hall–Kier alpha value is -0.0800. The molecular weight excluding hydrogens is 80.0 g/mol. The second-order valence-electron chi connectivity index (χ2n) is 1.45. The highest BCUT2D eigenvalue weighted by Gasteiger charge is 2.02. The molecule has 0 aliphatic heterocycles. The molecule has 2 heteroatoms. The molecule has 0 aliphatic carbocycles. The fraction of sp³-hybridized carbons (Fsp3) is 1.00. The Bertz CT molecular complexity index is 26.5. The van der Waals surface area contributed by atoms with Crippen LogP contribution in [0.25, 0.3) is 0 Å². The van der Waals surface area contributed by atoms with Gasteiger partial charge in [0.25, 0.3) is 0 Å². The van der Waals surface area contributed by atoms with E-state index in [1.165, 1.54) is 13.8 Å². The SMILES string of the molecule is CC([O])C(C)O. The van der Waals surface area contributed by atoms with Crippen molar-refractivity contribution < 1.29 is 10.2 Å². The van der Waals surface area contributed by atoms with Crippen LogP contribution in [0.3, 0.4) is 0 Å². The lowest BCUT2D eigenvalue weighted by molar-refractivity contribution is -0.00321. The fourth-order valence-corrected chi connectivity index (χ4v) is 0. The molecule has 0 bridgehead atoms. The Balaban J connectivity index is 2.99. The Morgan fingerprint density at radius 1 is 1.50 bits per heavy atom. The van der Waals surface area contributed by atoms with Crippen molar-refractivity contribution in [3.05, 3.63) is 0 Å². The van der Waals surface area contributed by atoms with E-state index in [-0.39, 0.29) is 0 Å². The van der Waals surface area contributed by atoms with E-state index in [0.29, 0.717) is 0 Å². The maximum atomic E-state index is 9.98. The van der Waals surface area contributed by atoms with Gasteiger partial charge in [0.15, 0.2) is 0 Å². The quantitative estimate of drug-likeness (QED) is 0.489. The summed E-state index contributed by atoms with van der Waals surface area (Å²) in [7, 11) is 0. The van der Waals surface area contributed by atoms with Crippen LogP contribution < -0.4 is 0 Å². The highest BCUT2D eigenvalue weighted by atomic mass is 16.3. The van der Waals surface area contributed by atoms with E-state index < -0.39 is 12.2 Å². The van der Waals surface area contributed by atoms with Crippen molar-refractivity contribution in [2.45, 2.75) is 26.1 Å². The van der Waals surface area contributed by atoms with Gasteiger partial charge in [-0.1, -0.05) is 0 Å². The number of hydrogen-bond acceptors (Lipinski definition) is 1. The van der Waals surface area contributed by atoms with Crippen LogP contribution in [0.15, 0.2) is 0 Å². The average molecular weight is 89.1 g/mol. The fourth-order valence-electron chi connectivity index (χ4n) is 0. The van der Waals surface area contributed by atoms with Gasteiger partial charge in [-0.3, -0.25) is 0 Å². The molecule has 0 saturated carbocycles. The number of aliphatic hydroxyl groups excluding tert-OH is 1.